The Morgan fingerprint density at radius 2 is 1.73 bits per heavy atom. The van der Waals surface area contributed by atoms with Crippen molar-refractivity contribution in [2.24, 2.45) is 5.73 Å². The van der Waals surface area contributed by atoms with Crippen LogP contribution in [0.3, 0.4) is 0 Å². The highest BCUT2D eigenvalue weighted by Crippen LogP contribution is 2.19. The standard InChI is InChI=1S/C9H20N2/c1-11(2)9-7-5-3-4-6-8(9)10/h8-9H,3-7,10H2,1-2H3. The largest absolute Gasteiger partial charge is 0.326 e. The minimum absolute atomic E-state index is 0.410. The number of rotatable bonds is 1. The molecule has 0 amide bonds. The lowest BCUT2D eigenvalue weighted by Crippen LogP contribution is -2.43. The summed E-state index contributed by atoms with van der Waals surface area (Å²) in [6.45, 7) is 0. The SMILES string of the molecule is CN(C)C1CCCCCC1N. The van der Waals surface area contributed by atoms with Gasteiger partial charge in [0.25, 0.3) is 0 Å². The van der Waals surface area contributed by atoms with Crippen molar-refractivity contribution in [1.29, 1.82) is 0 Å². The molecule has 2 atom stereocenters. The van der Waals surface area contributed by atoms with E-state index in [0.29, 0.717) is 12.1 Å². The molecule has 1 aliphatic rings. The van der Waals surface area contributed by atoms with Gasteiger partial charge in [0.2, 0.25) is 0 Å². The zero-order valence-electron chi connectivity index (χ0n) is 7.71. The van der Waals surface area contributed by atoms with Crippen LogP contribution in [0.1, 0.15) is 32.1 Å². The summed E-state index contributed by atoms with van der Waals surface area (Å²) in [5.74, 6) is 0. The molecule has 11 heavy (non-hydrogen) atoms. The molecule has 1 saturated carbocycles. The Labute approximate surface area is 69.8 Å². The van der Waals surface area contributed by atoms with Crippen LogP contribution in [0, 0.1) is 0 Å². The van der Waals surface area contributed by atoms with E-state index in [-0.39, 0.29) is 0 Å². The van der Waals surface area contributed by atoms with E-state index in [1.807, 2.05) is 0 Å². The molecule has 1 rings (SSSR count). The van der Waals surface area contributed by atoms with Gasteiger partial charge in [0.05, 0.1) is 0 Å². The van der Waals surface area contributed by atoms with Crippen LogP contribution < -0.4 is 5.73 Å². The summed E-state index contributed by atoms with van der Waals surface area (Å²) < 4.78 is 0. The first-order chi connectivity index (χ1) is 5.22. The monoisotopic (exact) mass is 156 g/mol. The Morgan fingerprint density at radius 1 is 1.09 bits per heavy atom. The topological polar surface area (TPSA) is 29.3 Å². The van der Waals surface area contributed by atoms with Gasteiger partial charge >= 0.3 is 0 Å². The lowest BCUT2D eigenvalue weighted by Gasteiger charge is -2.27. The summed E-state index contributed by atoms with van der Waals surface area (Å²) in [5.41, 5.74) is 6.04. The van der Waals surface area contributed by atoms with Gasteiger partial charge in [0.1, 0.15) is 0 Å². The van der Waals surface area contributed by atoms with Gasteiger partial charge in [-0.2, -0.15) is 0 Å². The van der Waals surface area contributed by atoms with Crippen LogP contribution in [0.4, 0.5) is 0 Å². The molecule has 0 aromatic carbocycles. The third-order valence-corrected chi connectivity index (χ3v) is 2.69. The van der Waals surface area contributed by atoms with Crippen molar-refractivity contribution in [3.8, 4) is 0 Å². The first-order valence-electron chi connectivity index (χ1n) is 4.64. The van der Waals surface area contributed by atoms with Gasteiger partial charge in [-0.1, -0.05) is 19.3 Å². The Kier molecular flexibility index (Phi) is 3.34. The van der Waals surface area contributed by atoms with Gasteiger partial charge in [-0.05, 0) is 26.9 Å². The van der Waals surface area contributed by atoms with E-state index in [0.717, 1.165) is 0 Å². The number of hydrogen-bond acceptors (Lipinski definition) is 2. The molecule has 2 unspecified atom stereocenters. The van der Waals surface area contributed by atoms with Crippen molar-refractivity contribution in [1.82, 2.24) is 4.90 Å². The van der Waals surface area contributed by atoms with Crippen molar-refractivity contribution in [3.05, 3.63) is 0 Å². The average molecular weight is 156 g/mol. The highest BCUT2D eigenvalue weighted by Gasteiger charge is 2.21. The van der Waals surface area contributed by atoms with Gasteiger partial charge in [-0.3, -0.25) is 0 Å². The van der Waals surface area contributed by atoms with E-state index >= 15 is 0 Å². The number of nitrogens with two attached hydrogens (primary N) is 1. The van der Waals surface area contributed by atoms with Crippen LogP contribution in [-0.2, 0) is 0 Å². The molecule has 0 aromatic heterocycles. The maximum absolute atomic E-state index is 6.04. The molecule has 0 saturated heterocycles. The maximum atomic E-state index is 6.04. The van der Waals surface area contributed by atoms with Crippen LogP contribution >= 0.6 is 0 Å². The summed E-state index contributed by atoms with van der Waals surface area (Å²) >= 11 is 0. The molecule has 2 nitrogen and oxygen atoms in total. The molecular formula is C9H20N2. The molecule has 2 heteroatoms. The minimum atomic E-state index is 0.410. The Hall–Kier alpha value is -0.0800. The Balaban J connectivity index is 2.45. The summed E-state index contributed by atoms with van der Waals surface area (Å²) in [4.78, 5) is 2.27. The molecule has 0 radical (unpaired) electrons. The van der Waals surface area contributed by atoms with Gasteiger partial charge in [0, 0.05) is 12.1 Å². The van der Waals surface area contributed by atoms with E-state index in [4.69, 9.17) is 5.73 Å². The summed E-state index contributed by atoms with van der Waals surface area (Å²) in [6, 6.07) is 1.03. The van der Waals surface area contributed by atoms with E-state index in [9.17, 15) is 0 Å². The lowest BCUT2D eigenvalue weighted by atomic mass is 10.0. The van der Waals surface area contributed by atoms with Crippen LogP contribution in [-0.4, -0.2) is 31.1 Å². The predicted molar refractivity (Wildman–Crippen MR) is 48.5 cm³/mol. The third-order valence-electron chi connectivity index (χ3n) is 2.69. The third kappa shape index (κ3) is 2.46. The average Bonchev–Trinajstić information content (AvgIpc) is 2.13. The Morgan fingerprint density at radius 3 is 2.36 bits per heavy atom. The second-order valence-corrected chi connectivity index (χ2v) is 3.83. The van der Waals surface area contributed by atoms with E-state index < -0.39 is 0 Å². The van der Waals surface area contributed by atoms with E-state index in [1.165, 1.54) is 32.1 Å². The molecule has 0 heterocycles. The first-order valence-corrected chi connectivity index (χ1v) is 4.64. The fraction of sp³-hybridized carbons (Fsp3) is 1.00. The van der Waals surface area contributed by atoms with Crippen molar-refractivity contribution in [2.75, 3.05) is 14.1 Å². The van der Waals surface area contributed by atoms with Crippen molar-refractivity contribution >= 4 is 0 Å². The van der Waals surface area contributed by atoms with Crippen LogP contribution in [0.5, 0.6) is 0 Å². The van der Waals surface area contributed by atoms with E-state index in [1.54, 1.807) is 0 Å². The molecule has 1 fully saturated rings. The van der Waals surface area contributed by atoms with Gasteiger partial charge in [0.15, 0.2) is 0 Å². The summed E-state index contributed by atoms with van der Waals surface area (Å²) in [5, 5.41) is 0. The zero-order chi connectivity index (χ0) is 8.27. The molecular weight excluding hydrogens is 136 g/mol. The van der Waals surface area contributed by atoms with Gasteiger partial charge < -0.3 is 10.6 Å². The molecule has 0 bridgehead atoms. The predicted octanol–water partition coefficient (Wildman–Crippen LogP) is 1.21. The number of hydrogen-bond donors (Lipinski definition) is 1. The molecule has 0 aliphatic heterocycles. The van der Waals surface area contributed by atoms with Crippen molar-refractivity contribution in [2.45, 2.75) is 44.2 Å². The van der Waals surface area contributed by atoms with Gasteiger partial charge in [-0.25, -0.2) is 0 Å². The fourth-order valence-corrected chi connectivity index (χ4v) is 1.96. The summed E-state index contributed by atoms with van der Waals surface area (Å²) in [6.07, 6.45) is 6.55. The molecule has 66 valence electrons. The number of nitrogens with zero attached hydrogens (tertiary/aromatic N) is 1. The summed E-state index contributed by atoms with van der Waals surface area (Å²) in [7, 11) is 4.27. The normalized spacial score (nSPS) is 33.8. The van der Waals surface area contributed by atoms with E-state index in [2.05, 4.69) is 19.0 Å². The fourth-order valence-electron chi connectivity index (χ4n) is 1.96. The smallest absolute Gasteiger partial charge is 0.0241 e. The van der Waals surface area contributed by atoms with Crippen LogP contribution in [0.2, 0.25) is 0 Å². The minimum Gasteiger partial charge on any atom is -0.326 e. The molecule has 1 aliphatic carbocycles. The first kappa shape index (κ1) is 9.01. The lowest BCUT2D eigenvalue weighted by molar-refractivity contribution is 0.241. The molecule has 0 aromatic rings. The Bertz CT molecular complexity index is 112. The second kappa shape index (κ2) is 4.07. The quantitative estimate of drug-likeness (QED) is 0.578. The highest BCUT2D eigenvalue weighted by molar-refractivity contribution is 4.81. The maximum Gasteiger partial charge on any atom is 0.0241 e. The second-order valence-electron chi connectivity index (χ2n) is 3.83. The van der Waals surface area contributed by atoms with Crippen molar-refractivity contribution in [3.63, 3.8) is 0 Å². The number of likely N-dealkylation sites (N-methyl/N-ethyl adjacent to an activating group) is 1. The van der Waals surface area contributed by atoms with Crippen LogP contribution in [0.25, 0.3) is 0 Å². The molecule has 0 spiro atoms. The molecule has 2 N–H and O–H groups in total. The highest BCUT2D eigenvalue weighted by atomic mass is 15.1. The zero-order valence-corrected chi connectivity index (χ0v) is 7.71. The van der Waals surface area contributed by atoms with Crippen LogP contribution in [0.15, 0.2) is 0 Å². The van der Waals surface area contributed by atoms with Crippen molar-refractivity contribution < 1.29 is 0 Å². The van der Waals surface area contributed by atoms with Gasteiger partial charge in [-0.15, -0.1) is 0 Å².